The molecule has 0 fully saturated rings. The molecule has 0 aliphatic carbocycles. The van der Waals surface area contributed by atoms with Gasteiger partial charge in [0, 0.05) is 5.02 Å². The number of carbonyl (C=O) groups excluding carboxylic acids is 1. The van der Waals surface area contributed by atoms with Crippen LogP contribution in [0.2, 0.25) is 10.0 Å². The summed E-state index contributed by atoms with van der Waals surface area (Å²) < 4.78 is 1.66. The smallest absolute Gasteiger partial charge is 0.271 e. The number of hydrogen-bond donors (Lipinski definition) is 2. The number of hydrogen-bond acceptors (Lipinski definition) is 5. The van der Waals surface area contributed by atoms with E-state index in [1.807, 2.05) is 12.1 Å². The van der Waals surface area contributed by atoms with E-state index in [-0.39, 0.29) is 5.91 Å². The van der Waals surface area contributed by atoms with E-state index in [4.69, 9.17) is 23.2 Å². The summed E-state index contributed by atoms with van der Waals surface area (Å²) in [7, 11) is 0. The molecule has 2 N–H and O–H groups in total. The molecule has 4 aromatic rings. The van der Waals surface area contributed by atoms with E-state index in [0.29, 0.717) is 32.5 Å². The van der Waals surface area contributed by atoms with Gasteiger partial charge in [-0.25, -0.2) is 14.6 Å². The molecule has 0 aliphatic heterocycles. The minimum absolute atomic E-state index is 0.355. The number of fused-ring (bicyclic) bond motifs is 1. The number of rotatable bonds is 4. The summed E-state index contributed by atoms with van der Waals surface area (Å²) in [4.78, 5) is 20.8. The van der Waals surface area contributed by atoms with Gasteiger partial charge in [-0.2, -0.15) is 5.10 Å². The first-order valence-corrected chi connectivity index (χ1v) is 8.64. The lowest BCUT2D eigenvalue weighted by atomic mass is 10.2. The normalized spacial score (nSPS) is 10.7. The average molecular weight is 399 g/mol. The molecule has 0 atom stereocenters. The van der Waals surface area contributed by atoms with Crippen LogP contribution in [0.4, 0.5) is 5.82 Å². The second kappa shape index (κ2) is 7.22. The van der Waals surface area contributed by atoms with E-state index >= 15 is 0 Å². The third-order valence-electron chi connectivity index (χ3n) is 3.85. The summed E-state index contributed by atoms with van der Waals surface area (Å²) in [5.41, 5.74) is 7.14. The van der Waals surface area contributed by atoms with Crippen LogP contribution in [-0.2, 0) is 0 Å². The highest BCUT2D eigenvalue weighted by Crippen LogP contribution is 2.22. The molecule has 2 aromatic heterocycles. The van der Waals surface area contributed by atoms with Gasteiger partial charge in [-0.15, -0.1) is 0 Å². The van der Waals surface area contributed by atoms with Crippen LogP contribution in [0.15, 0.2) is 61.1 Å². The van der Waals surface area contributed by atoms with Crippen LogP contribution >= 0.6 is 23.2 Å². The Kier molecular flexibility index (Phi) is 4.62. The summed E-state index contributed by atoms with van der Waals surface area (Å²) in [6.07, 6.45) is 3.01. The van der Waals surface area contributed by atoms with Gasteiger partial charge in [-0.1, -0.05) is 35.3 Å². The van der Waals surface area contributed by atoms with Crippen molar-refractivity contribution >= 4 is 46.0 Å². The van der Waals surface area contributed by atoms with Crippen molar-refractivity contribution in [2.75, 3.05) is 5.43 Å². The third-order valence-corrected chi connectivity index (χ3v) is 4.43. The number of nitrogens with one attached hydrogen (secondary N) is 2. The summed E-state index contributed by atoms with van der Waals surface area (Å²) in [5, 5.41) is 5.99. The van der Waals surface area contributed by atoms with Crippen LogP contribution in [-0.4, -0.2) is 25.7 Å². The first kappa shape index (κ1) is 17.3. The molecule has 4 rings (SSSR count). The highest BCUT2D eigenvalue weighted by molar-refractivity contribution is 6.33. The number of halogens is 2. The van der Waals surface area contributed by atoms with Crippen molar-refractivity contribution in [3.05, 3.63) is 76.7 Å². The van der Waals surface area contributed by atoms with Crippen LogP contribution in [0.3, 0.4) is 0 Å². The number of carbonyl (C=O) groups is 1. The highest BCUT2D eigenvalue weighted by atomic mass is 35.5. The molecule has 0 bridgehead atoms. The lowest BCUT2D eigenvalue weighted by molar-refractivity contribution is 0.0962. The Morgan fingerprint density at radius 1 is 1.00 bits per heavy atom. The fraction of sp³-hybridized carbons (Fsp3) is 0. The molecule has 2 heterocycles. The Labute approximate surface area is 163 Å². The van der Waals surface area contributed by atoms with E-state index in [1.54, 1.807) is 47.3 Å². The van der Waals surface area contributed by atoms with Gasteiger partial charge in [0.05, 0.1) is 27.9 Å². The Bertz CT molecular complexity index is 1130. The lowest BCUT2D eigenvalue weighted by Gasteiger charge is -2.09. The van der Waals surface area contributed by atoms with Gasteiger partial charge in [-0.3, -0.25) is 15.6 Å². The van der Waals surface area contributed by atoms with Gasteiger partial charge in [-0.05, 0) is 36.4 Å². The Hall–Kier alpha value is -3.16. The zero-order chi connectivity index (χ0) is 18.8. The number of amides is 1. The molecule has 0 saturated heterocycles. The first-order valence-electron chi connectivity index (χ1n) is 7.89. The van der Waals surface area contributed by atoms with Crippen molar-refractivity contribution in [1.29, 1.82) is 0 Å². The predicted octanol–water partition coefficient (Wildman–Crippen LogP) is 3.88. The first-order chi connectivity index (χ1) is 13.1. The topological polar surface area (TPSA) is 84.7 Å². The van der Waals surface area contributed by atoms with Gasteiger partial charge < -0.3 is 0 Å². The number of benzene rings is 2. The van der Waals surface area contributed by atoms with Crippen molar-refractivity contribution in [2.24, 2.45) is 0 Å². The number of nitrogens with zero attached hydrogens (tertiary/aromatic N) is 4. The van der Waals surface area contributed by atoms with Crippen molar-refractivity contribution in [3.63, 3.8) is 0 Å². The fourth-order valence-corrected chi connectivity index (χ4v) is 2.89. The van der Waals surface area contributed by atoms with Crippen LogP contribution in [0.5, 0.6) is 0 Å². The number of anilines is 1. The van der Waals surface area contributed by atoms with Crippen LogP contribution in [0.25, 0.3) is 16.7 Å². The molecule has 0 unspecified atom stereocenters. The fourth-order valence-electron chi connectivity index (χ4n) is 2.54. The van der Waals surface area contributed by atoms with Crippen molar-refractivity contribution in [2.45, 2.75) is 0 Å². The maximum Gasteiger partial charge on any atom is 0.271 e. The summed E-state index contributed by atoms with van der Waals surface area (Å²) in [5.74, 6) is 0.0399. The Morgan fingerprint density at radius 3 is 2.56 bits per heavy atom. The molecule has 0 saturated carbocycles. The molecule has 9 heteroatoms. The molecule has 7 nitrogen and oxygen atoms in total. The largest absolute Gasteiger partial charge is 0.281 e. The Morgan fingerprint density at radius 2 is 1.78 bits per heavy atom. The highest BCUT2D eigenvalue weighted by Gasteiger charge is 2.13. The van der Waals surface area contributed by atoms with Crippen LogP contribution in [0.1, 0.15) is 10.4 Å². The molecule has 2 aromatic carbocycles. The van der Waals surface area contributed by atoms with Crippen molar-refractivity contribution < 1.29 is 4.79 Å². The standard InChI is InChI=1S/C18H12Cl2N6O/c19-11-5-7-12(8-6-11)26-17-14(9-23-26)16(21-10-22-17)24-25-18(27)13-3-1-2-4-15(13)20/h1-10H,(H,25,27)(H,21,22,24). The van der Waals surface area contributed by atoms with Crippen LogP contribution < -0.4 is 10.9 Å². The summed E-state index contributed by atoms with van der Waals surface area (Å²) in [6, 6.07) is 14.0. The number of aromatic nitrogens is 4. The van der Waals surface area contributed by atoms with E-state index in [9.17, 15) is 4.79 Å². The van der Waals surface area contributed by atoms with E-state index in [2.05, 4.69) is 25.9 Å². The number of hydrazine groups is 1. The maximum atomic E-state index is 12.3. The van der Waals surface area contributed by atoms with Gasteiger partial charge >= 0.3 is 0 Å². The third kappa shape index (κ3) is 3.42. The van der Waals surface area contributed by atoms with Gasteiger partial charge in [0.1, 0.15) is 6.33 Å². The zero-order valence-electron chi connectivity index (χ0n) is 13.7. The predicted molar refractivity (Wildman–Crippen MR) is 104 cm³/mol. The second-order valence-corrected chi connectivity index (χ2v) is 6.39. The monoisotopic (exact) mass is 398 g/mol. The SMILES string of the molecule is O=C(NNc1ncnc2c1cnn2-c1ccc(Cl)cc1)c1ccccc1Cl. The molecular weight excluding hydrogens is 387 g/mol. The van der Waals surface area contributed by atoms with E-state index < -0.39 is 0 Å². The molecule has 0 radical (unpaired) electrons. The average Bonchev–Trinajstić information content (AvgIpc) is 3.12. The van der Waals surface area contributed by atoms with E-state index in [0.717, 1.165) is 5.69 Å². The molecular formula is C18H12Cl2N6O. The molecule has 27 heavy (non-hydrogen) atoms. The minimum Gasteiger partial charge on any atom is -0.281 e. The van der Waals surface area contributed by atoms with E-state index in [1.165, 1.54) is 6.33 Å². The summed E-state index contributed by atoms with van der Waals surface area (Å²) >= 11 is 12.0. The molecule has 134 valence electrons. The van der Waals surface area contributed by atoms with Gasteiger partial charge in [0.2, 0.25) is 0 Å². The van der Waals surface area contributed by atoms with Gasteiger partial charge in [0.15, 0.2) is 11.5 Å². The quantitative estimate of drug-likeness (QED) is 0.509. The molecule has 0 spiro atoms. The van der Waals surface area contributed by atoms with Crippen molar-refractivity contribution in [3.8, 4) is 5.69 Å². The van der Waals surface area contributed by atoms with Gasteiger partial charge in [0.25, 0.3) is 5.91 Å². The van der Waals surface area contributed by atoms with Crippen molar-refractivity contribution in [1.82, 2.24) is 25.2 Å². The molecule has 0 aliphatic rings. The molecule has 1 amide bonds. The minimum atomic E-state index is -0.377. The maximum absolute atomic E-state index is 12.3. The van der Waals surface area contributed by atoms with Crippen LogP contribution in [0, 0.1) is 0 Å². The lowest BCUT2D eigenvalue weighted by Crippen LogP contribution is -2.30. The Balaban J connectivity index is 1.61. The summed E-state index contributed by atoms with van der Waals surface area (Å²) in [6.45, 7) is 0. The second-order valence-electron chi connectivity index (χ2n) is 5.55. The zero-order valence-corrected chi connectivity index (χ0v) is 15.2.